The first-order chi connectivity index (χ1) is 9.49. The topological polar surface area (TPSA) is 74.8 Å². The molecule has 6 nitrogen and oxygen atoms in total. The van der Waals surface area contributed by atoms with E-state index in [-0.39, 0.29) is 16.3 Å². The van der Waals surface area contributed by atoms with Gasteiger partial charge in [0.2, 0.25) is 0 Å². The van der Waals surface area contributed by atoms with Crippen molar-refractivity contribution in [3.05, 3.63) is 39.9 Å². The van der Waals surface area contributed by atoms with Gasteiger partial charge in [0.05, 0.1) is 4.47 Å². The van der Waals surface area contributed by atoms with Gasteiger partial charge in [-0.25, -0.2) is 4.39 Å². The number of nitrogens with one attached hydrogen (secondary N) is 1. The van der Waals surface area contributed by atoms with Crippen LogP contribution in [0.3, 0.4) is 0 Å². The highest BCUT2D eigenvalue weighted by atomic mass is 79.9. The normalized spacial score (nSPS) is 12.2. The SMILES string of the molecule is CC(CN(C)C(=O)c1ccc(F)c(Br)c1)c1nn[nH]n1. The molecule has 20 heavy (non-hydrogen) atoms. The number of halogens is 2. The molecule has 1 unspecified atom stereocenters. The summed E-state index contributed by atoms with van der Waals surface area (Å²) in [7, 11) is 1.68. The highest BCUT2D eigenvalue weighted by Gasteiger charge is 2.18. The molecule has 0 aliphatic rings. The predicted octanol–water partition coefficient (Wildman–Crippen LogP) is 1.98. The second-order valence-corrected chi connectivity index (χ2v) is 5.34. The van der Waals surface area contributed by atoms with Crippen LogP contribution in [0.15, 0.2) is 22.7 Å². The Kier molecular flexibility index (Phi) is 4.43. The molecule has 1 amide bonds. The Morgan fingerprint density at radius 2 is 2.30 bits per heavy atom. The van der Waals surface area contributed by atoms with Crippen molar-refractivity contribution in [1.29, 1.82) is 0 Å². The highest BCUT2D eigenvalue weighted by molar-refractivity contribution is 9.10. The van der Waals surface area contributed by atoms with Crippen LogP contribution in [-0.2, 0) is 0 Å². The van der Waals surface area contributed by atoms with Gasteiger partial charge in [0, 0.05) is 25.1 Å². The van der Waals surface area contributed by atoms with E-state index in [1.807, 2.05) is 6.92 Å². The van der Waals surface area contributed by atoms with Crippen LogP contribution < -0.4 is 0 Å². The van der Waals surface area contributed by atoms with Crippen LogP contribution in [0.1, 0.15) is 29.0 Å². The second kappa shape index (κ2) is 6.08. The van der Waals surface area contributed by atoms with Crippen LogP contribution in [0.4, 0.5) is 4.39 Å². The number of amides is 1. The maximum atomic E-state index is 13.2. The van der Waals surface area contributed by atoms with Gasteiger partial charge in [-0.05, 0) is 34.1 Å². The molecular weight excluding hydrogens is 329 g/mol. The van der Waals surface area contributed by atoms with Crippen molar-refractivity contribution >= 4 is 21.8 Å². The zero-order chi connectivity index (χ0) is 14.7. The number of aromatic amines is 1. The molecule has 8 heteroatoms. The Hall–Kier alpha value is -1.83. The predicted molar refractivity (Wildman–Crippen MR) is 73.7 cm³/mol. The zero-order valence-electron chi connectivity index (χ0n) is 11.0. The van der Waals surface area contributed by atoms with Gasteiger partial charge in [-0.2, -0.15) is 5.21 Å². The largest absolute Gasteiger partial charge is 0.341 e. The highest BCUT2D eigenvalue weighted by Crippen LogP contribution is 2.18. The number of aromatic nitrogens is 4. The standard InChI is InChI=1S/C12H13BrFN5O/c1-7(11-15-17-18-16-11)6-19(2)12(20)8-3-4-10(14)9(13)5-8/h3-5,7H,6H2,1-2H3,(H,15,16,17,18). The zero-order valence-corrected chi connectivity index (χ0v) is 12.6. The van der Waals surface area contributed by atoms with Crippen molar-refractivity contribution in [2.75, 3.05) is 13.6 Å². The molecule has 0 aliphatic carbocycles. The van der Waals surface area contributed by atoms with E-state index in [4.69, 9.17) is 0 Å². The molecule has 0 bridgehead atoms. The number of hydrogen-bond donors (Lipinski definition) is 1. The summed E-state index contributed by atoms with van der Waals surface area (Å²) in [5.41, 5.74) is 0.418. The molecule has 0 spiro atoms. The van der Waals surface area contributed by atoms with Crippen LogP contribution in [0.5, 0.6) is 0 Å². The van der Waals surface area contributed by atoms with E-state index in [1.165, 1.54) is 18.2 Å². The molecule has 0 fully saturated rings. The number of hydrogen-bond acceptors (Lipinski definition) is 4. The monoisotopic (exact) mass is 341 g/mol. The fourth-order valence-electron chi connectivity index (χ4n) is 1.80. The number of H-pyrrole nitrogens is 1. The average Bonchev–Trinajstić information content (AvgIpc) is 2.95. The third-order valence-electron chi connectivity index (χ3n) is 2.86. The minimum atomic E-state index is -0.399. The number of carbonyl (C=O) groups excluding carboxylic acids is 1. The van der Waals surface area contributed by atoms with Crippen molar-refractivity contribution in [2.24, 2.45) is 0 Å². The van der Waals surface area contributed by atoms with Gasteiger partial charge in [-0.1, -0.05) is 12.1 Å². The van der Waals surface area contributed by atoms with Crippen LogP contribution in [0.2, 0.25) is 0 Å². The summed E-state index contributed by atoms with van der Waals surface area (Å²) in [6.45, 7) is 2.34. The molecule has 106 valence electrons. The Morgan fingerprint density at radius 1 is 1.55 bits per heavy atom. The summed E-state index contributed by atoms with van der Waals surface area (Å²) in [5.74, 6) is -0.0954. The molecule has 0 radical (unpaired) electrons. The number of tetrazole rings is 1. The van der Waals surface area contributed by atoms with Gasteiger partial charge in [-0.15, -0.1) is 10.2 Å². The summed E-state index contributed by atoms with van der Waals surface area (Å²) >= 11 is 3.07. The van der Waals surface area contributed by atoms with Crippen LogP contribution in [0.25, 0.3) is 0 Å². The third-order valence-corrected chi connectivity index (χ3v) is 3.47. The van der Waals surface area contributed by atoms with Crippen LogP contribution in [0, 0.1) is 5.82 Å². The van der Waals surface area contributed by atoms with E-state index < -0.39 is 5.82 Å². The molecule has 1 aromatic heterocycles. The maximum absolute atomic E-state index is 13.2. The van der Waals surface area contributed by atoms with E-state index in [1.54, 1.807) is 11.9 Å². The van der Waals surface area contributed by atoms with Gasteiger partial charge in [0.25, 0.3) is 5.91 Å². The fourth-order valence-corrected chi connectivity index (χ4v) is 2.18. The van der Waals surface area contributed by atoms with Gasteiger partial charge < -0.3 is 4.90 Å². The van der Waals surface area contributed by atoms with Crippen molar-refractivity contribution in [3.8, 4) is 0 Å². The van der Waals surface area contributed by atoms with Gasteiger partial charge in [-0.3, -0.25) is 4.79 Å². The molecular formula is C12H13BrFN5O. The summed E-state index contributed by atoms with van der Waals surface area (Å²) in [6.07, 6.45) is 0. The van der Waals surface area contributed by atoms with E-state index in [2.05, 4.69) is 36.6 Å². The first kappa shape index (κ1) is 14.6. The number of rotatable bonds is 4. The molecule has 2 aromatic rings. The molecule has 1 atom stereocenters. The van der Waals surface area contributed by atoms with Crippen molar-refractivity contribution in [1.82, 2.24) is 25.5 Å². The Labute approximate surface area is 123 Å². The lowest BCUT2D eigenvalue weighted by Crippen LogP contribution is -2.30. The molecule has 0 aliphatic heterocycles. The Morgan fingerprint density at radius 3 is 2.90 bits per heavy atom. The molecule has 2 rings (SSSR count). The first-order valence-corrected chi connectivity index (χ1v) is 6.72. The molecule has 0 saturated heterocycles. The maximum Gasteiger partial charge on any atom is 0.253 e. The summed E-state index contributed by atoms with van der Waals surface area (Å²) in [6, 6.07) is 4.18. The molecule has 1 N–H and O–H groups in total. The lowest BCUT2D eigenvalue weighted by Gasteiger charge is -2.20. The second-order valence-electron chi connectivity index (χ2n) is 4.49. The lowest BCUT2D eigenvalue weighted by atomic mass is 10.1. The first-order valence-electron chi connectivity index (χ1n) is 5.93. The van der Waals surface area contributed by atoms with E-state index in [0.29, 0.717) is 17.9 Å². The van der Waals surface area contributed by atoms with E-state index in [0.717, 1.165) is 0 Å². The van der Waals surface area contributed by atoms with Gasteiger partial charge >= 0.3 is 0 Å². The Bertz CT molecular complexity index is 604. The van der Waals surface area contributed by atoms with Crippen molar-refractivity contribution in [3.63, 3.8) is 0 Å². The molecule has 0 saturated carbocycles. The van der Waals surface area contributed by atoms with Crippen LogP contribution >= 0.6 is 15.9 Å². The number of likely N-dealkylation sites (N-methyl/N-ethyl adjacent to an activating group) is 1. The van der Waals surface area contributed by atoms with Crippen LogP contribution in [-0.4, -0.2) is 45.0 Å². The van der Waals surface area contributed by atoms with E-state index >= 15 is 0 Å². The lowest BCUT2D eigenvalue weighted by molar-refractivity contribution is 0.0787. The minimum Gasteiger partial charge on any atom is -0.341 e. The smallest absolute Gasteiger partial charge is 0.253 e. The number of carbonyl (C=O) groups is 1. The van der Waals surface area contributed by atoms with Crippen molar-refractivity contribution < 1.29 is 9.18 Å². The number of nitrogens with zero attached hydrogens (tertiary/aromatic N) is 4. The number of benzene rings is 1. The van der Waals surface area contributed by atoms with E-state index in [9.17, 15) is 9.18 Å². The summed E-state index contributed by atoms with van der Waals surface area (Å²) < 4.78 is 13.4. The molecule has 1 aromatic carbocycles. The quantitative estimate of drug-likeness (QED) is 0.922. The van der Waals surface area contributed by atoms with Gasteiger partial charge in [0.15, 0.2) is 5.82 Å². The summed E-state index contributed by atoms with van der Waals surface area (Å²) in [4.78, 5) is 13.8. The summed E-state index contributed by atoms with van der Waals surface area (Å²) in [5, 5.41) is 13.6. The average molecular weight is 342 g/mol. The van der Waals surface area contributed by atoms with Crippen molar-refractivity contribution in [2.45, 2.75) is 12.8 Å². The Balaban J connectivity index is 2.06. The minimum absolute atomic E-state index is 0.0495. The fraction of sp³-hybridized carbons (Fsp3) is 0.333. The third kappa shape index (κ3) is 3.19. The van der Waals surface area contributed by atoms with Gasteiger partial charge in [0.1, 0.15) is 5.82 Å². The molecule has 1 heterocycles.